The lowest BCUT2D eigenvalue weighted by molar-refractivity contribution is -0.119. The van der Waals surface area contributed by atoms with Crippen LogP contribution in [0.25, 0.3) is 0 Å². The molecule has 0 bridgehead atoms. The molecule has 0 radical (unpaired) electrons. The van der Waals surface area contributed by atoms with Crippen LogP contribution in [0.5, 0.6) is 0 Å². The third-order valence-electron chi connectivity index (χ3n) is 2.57. The molecule has 0 aliphatic carbocycles. The first-order valence-corrected chi connectivity index (χ1v) is 7.01. The van der Waals surface area contributed by atoms with Gasteiger partial charge >= 0.3 is 0 Å². The van der Waals surface area contributed by atoms with Gasteiger partial charge in [0.15, 0.2) is 5.78 Å². The van der Waals surface area contributed by atoms with E-state index in [0.717, 1.165) is 9.35 Å². The Morgan fingerprint density at radius 3 is 2.89 bits per heavy atom. The number of benzene rings is 1. The molecule has 1 atom stereocenters. The van der Waals surface area contributed by atoms with Crippen molar-refractivity contribution in [2.75, 3.05) is 0 Å². The van der Waals surface area contributed by atoms with E-state index in [1.807, 2.05) is 17.5 Å². The number of carbonyl (C=O) groups excluding carboxylic acids is 1. The van der Waals surface area contributed by atoms with E-state index < -0.39 is 6.04 Å². The molecule has 1 aromatic heterocycles. The average molecular weight is 328 g/mol. The Kier molecular flexibility index (Phi) is 4.27. The lowest BCUT2D eigenvalue weighted by atomic mass is 10.0. The summed E-state index contributed by atoms with van der Waals surface area (Å²) in [4.78, 5) is 12.8. The fraction of sp³-hybridized carbons (Fsp3) is 0.154. The van der Waals surface area contributed by atoms with Crippen LogP contribution in [0, 0.1) is 5.82 Å². The van der Waals surface area contributed by atoms with Gasteiger partial charge in [0.1, 0.15) is 5.82 Å². The molecule has 1 aromatic carbocycles. The highest BCUT2D eigenvalue weighted by molar-refractivity contribution is 9.10. The largest absolute Gasteiger partial charge is 0.317 e. The zero-order chi connectivity index (χ0) is 13.1. The van der Waals surface area contributed by atoms with E-state index in [4.69, 9.17) is 5.73 Å². The zero-order valence-electron chi connectivity index (χ0n) is 9.40. The van der Waals surface area contributed by atoms with Crippen LogP contribution in [0.3, 0.4) is 0 Å². The van der Waals surface area contributed by atoms with Gasteiger partial charge in [0.25, 0.3) is 0 Å². The predicted octanol–water partition coefficient (Wildman–Crippen LogP) is 3.46. The smallest absolute Gasteiger partial charge is 0.159 e. The van der Waals surface area contributed by atoms with Crippen molar-refractivity contribution in [3.05, 3.63) is 56.4 Å². The molecule has 0 amide bonds. The minimum atomic E-state index is -0.677. The first kappa shape index (κ1) is 13.4. The number of carbonyl (C=O) groups is 1. The lowest BCUT2D eigenvalue weighted by Gasteiger charge is -2.09. The van der Waals surface area contributed by atoms with E-state index in [-0.39, 0.29) is 18.0 Å². The monoisotopic (exact) mass is 327 g/mol. The highest BCUT2D eigenvalue weighted by atomic mass is 79.9. The van der Waals surface area contributed by atoms with E-state index >= 15 is 0 Å². The molecule has 5 heteroatoms. The third kappa shape index (κ3) is 3.04. The molecule has 1 heterocycles. The second-order valence-electron chi connectivity index (χ2n) is 3.87. The van der Waals surface area contributed by atoms with Gasteiger partial charge in [0, 0.05) is 15.8 Å². The van der Waals surface area contributed by atoms with E-state index in [1.54, 1.807) is 12.1 Å². The highest BCUT2D eigenvalue weighted by Crippen LogP contribution is 2.21. The van der Waals surface area contributed by atoms with Crippen LogP contribution in [0.1, 0.15) is 16.5 Å². The SMILES string of the molecule is NC(C(=O)Cc1cc(Br)ccc1F)c1cccs1. The minimum absolute atomic E-state index is 0.00431. The molecule has 2 rings (SSSR count). The Balaban J connectivity index is 2.14. The van der Waals surface area contributed by atoms with Gasteiger partial charge in [-0.15, -0.1) is 11.3 Å². The Bertz CT molecular complexity index is 556. The van der Waals surface area contributed by atoms with Crippen molar-refractivity contribution in [1.82, 2.24) is 0 Å². The number of halogens is 2. The molecule has 2 nitrogen and oxygen atoms in total. The first-order chi connectivity index (χ1) is 8.58. The van der Waals surface area contributed by atoms with Gasteiger partial charge in [-0.05, 0) is 35.2 Å². The molecule has 0 aliphatic heterocycles. The maximum Gasteiger partial charge on any atom is 0.159 e. The summed E-state index contributed by atoms with van der Waals surface area (Å²) in [5.74, 6) is -0.570. The van der Waals surface area contributed by atoms with Crippen LogP contribution in [0.4, 0.5) is 4.39 Å². The molecule has 0 aliphatic rings. The number of hydrogen-bond acceptors (Lipinski definition) is 3. The molecule has 0 fully saturated rings. The molecule has 0 spiro atoms. The number of Topliss-reactive ketones (excluding diaryl/α,β-unsaturated/α-hetero) is 1. The number of ketones is 1. The number of thiophene rings is 1. The second-order valence-corrected chi connectivity index (χ2v) is 5.77. The molecule has 2 N–H and O–H groups in total. The molecule has 0 saturated carbocycles. The zero-order valence-corrected chi connectivity index (χ0v) is 11.8. The van der Waals surface area contributed by atoms with Crippen LogP contribution in [-0.4, -0.2) is 5.78 Å². The Labute approximate surface area is 117 Å². The van der Waals surface area contributed by atoms with Crippen molar-refractivity contribution in [3.63, 3.8) is 0 Å². The summed E-state index contributed by atoms with van der Waals surface area (Å²) in [7, 11) is 0. The number of hydrogen-bond donors (Lipinski definition) is 1. The summed E-state index contributed by atoms with van der Waals surface area (Å²) >= 11 is 4.68. The van der Waals surface area contributed by atoms with Crippen LogP contribution in [0.15, 0.2) is 40.2 Å². The lowest BCUT2D eigenvalue weighted by Crippen LogP contribution is -2.22. The van der Waals surface area contributed by atoms with Gasteiger partial charge < -0.3 is 5.73 Å². The van der Waals surface area contributed by atoms with Crippen molar-refractivity contribution in [3.8, 4) is 0 Å². The molecule has 2 aromatic rings. The molecule has 0 saturated heterocycles. The summed E-state index contributed by atoms with van der Waals surface area (Å²) in [6, 6.07) is 7.51. The van der Waals surface area contributed by atoms with Gasteiger partial charge in [0.2, 0.25) is 0 Å². The van der Waals surface area contributed by atoms with Crippen molar-refractivity contribution in [1.29, 1.82) is 0 Å². The molecule has 94 valence electrons. The van der Waals surface area contributed by atoms with Gasteiger partial charge in [-0.25, -0.2) is 4.39 Å². The van der Waals surface area contributed by atoms with E-state index in [2.05, 4.69) is 15.9 Å². The Morgan fingerprint density at radius 1 is 1.44 bits per heavy atom. The maximum absolute atomic E-state index is 13.5. The number of nitrogens with two attached hydrogens (primary N) is 1. The van der Waals surface area contributed by atoms with Gasteiger partial charge in [-0.3, -0.25) is 4.79 Å². The Hall–Kier alpha value is -1.04. The molecular weight excluding hydrogens is 317 g/mol. The molecule has 18 heavy (non-hydrogen) atoms. The standard InChI is InChI=1S/C13H11BrFNOS/c14-9-3-4-10(15)8(6-9)7-11(17)13(16)12-2-1-5-18-12/h1-6,13H,7,16H2. The van der Waals surface area contributed by atoms with Crippen LogP contribution in [0.2, 0.25) is 0 Å². The Morgan fingerprint density at radius 2 is 2.22 bits per heavy atom. The normalized spacial score (nSPS) is 12.4. The van der Waals surface area contributed by atoms with Gasteiger partial charge in [-0.2, -0.15) is 0 Å². The van der Waals surface area contributed by atoms with Crippen molar-refractivity contribution in [2.45, 2.75) is 12.5 Å². The average Bonchev–Trinajstić information content (AvgIpc) is 2.86. The van der Waals surface area contributed by atoms with Crippen LogP contribution in [-0.2, 0) is 11.2 Å². The quantitative estimate of drug-likeness (QED) is 0.934. The topological polar surface area (TPSA) is 43.1 Å². The van der Waals surface area contributed by atoms with Crippen LogP contribution < -0.4 is 5.73 Å². The summed E-state index contributed by atoms with van der Waals surface area (Å²) in [6.45, 7) is 0. The molecule has 1 unspecified atom stereocenters. The number of rotatable bonds is 4. The van der Waals surface area contributed by atoms with Gasteiger partial charge in [0.05, 0.1) is 6.04 Å². The van der Waals surface area contributed by atoms with Crippen molar-refractivity contribution >= 4 is 33.0 Å². The summed E-state index contributed by atoms with van der Waals surface area (Å²) < 4.78 is 14.3. The second kappa shape index (κ2) is 5.73. The first-order valence-electron chi connectivity index (χ1n) is 5.33. The molecular formula is C13H11BrFNOS. The predicted molar refractivity (Wildman–Crippen MR) is 74.1 cm³/mol. The van der Waals surface area contributed by atoms with Crippen molar-refractivity contribution in [2.24, 2.45) is 5.73 Å². The highest BCUT2D eigenvalue weighted by Gasteiger charge is 2.18. The summed E-state index contributed by atoms with van der Waals surface area (Å²) in [5.41, 5.74) is 6.21. The van der Waals surface area contributed by atoms with E-state index in [0.29, 0.717) is 5.56 Å². The van der Waals surface area contributed by atoms with Gasteiger partial charge in [-0.1, -0.05) is 22.0 Å². The van der Waals surface area contributed by atoms with E-state index in [9.17, 15) is 9.18 Å². The fourth-order valence-electron chi connectivity index (χ4n) is 1.60. The summed E-state index contributed by atoms with van der Waals surface area (Å²) in [5, 5.41) is 1.86. The third-order valence-corrected chi connectivity index (χ3v) is 4.02. The van der Waals surface area contributed by atoms with Crippen molar-refractivity contribution < 1.29 is 9.18 Å². The maximum atomic E-state index is 13.5. The van der Waals surface area contributed by atoms with Crippen LogP contribution >= 0.6 is 27.3 Å². The fourth-order valence-corrected chi connectivity index (χ4v) is 2.76. The summed E-state index contributed by atoms with van der Waals surface area (Å²) in [6.07, 6.45) is 0.00431. The van der Waals surface area contributed by atoms with E-state index in [1.165, 1.54) is 17.4 Å². The minimum Gasteiger partial charge on any atom is -0.317 e.